The van der Waals surface area contributed by atoms with Gasteiger partial charge in [-0.25, -0.2) is 0 Å². The molecule has 0 radical (unpaired) electrons. The summed E-state index contributed by atoms with van der Waals surface area (Å²) in [6.45, 7) is 1.95. The normalized spacial score (nSPS) is 11.0. The van der Waals surface area contributed by atoms with E-state index in [-0.39, 0.29) is 17.1 Å². The number of ether oxygens (including phenoxy) is 2. The summed E-state index contributed by atoms with van der Waals surface area (Å²) in [4.78, 5) is 10.6. The van der Waals surface area contributed by atoms with Crippen molar-refractivity contribution in [1.82, 2.24) is 5.16 Å². The molecule has 3 aromatic rings. The zero-order chi connectivity index (χ0) is 20.1. The number of halogens is 1. The molecule has 28 heavy (non-hydrogen) atoms. The Balaban J connectivity index is 1.84. The molecule has 0 aliphatic heterocycles. The van der Waals surface area contributed by atoms with E-state index in [2.05, 4.69) is 27.7 Å². The fourth-order valence-electron chi connectivity index (χ4n) is 2.59. The predicted octanol–water partition coefficient (Wildman–Crippen LogP) is 5.25. The van der Waals surface area contributed by atoms with Crippen molar-refractivity contribution in [1.29, 1.82) is 0 Å². The molecule has 0 aliphatic carbocycles. The van der Waals surface area contributed by atoms with E-state index in [0.29, 0.717) is 18.1 Å². The molecule has 0 N–H and O–H groups in total. The summed E-state index contributed by atoms with van der Waals surface area (Å²) in [5.41, 5.74) is 1.94. The first-order chi connectivity index (χ1) is 13.5. The Kier molecular flexibility index (Phi) is 6.30. The molecule has 3 rings (SSSR count). The Morgan fingerprint density at radius 2 is 2.00 bits per heavy atom. The summed E-state index contributed by atoms with van der Waals surface area (Å²) in [5, 5.41) is 14.8. The Morgan fingerprint density at radius 3 is 2.68 bits per heavy atom. The van der Waals surface area contributed by atoms with Crippen molar-refractivity contribution in [2.24, 2.45) is 0 Å². The average molecular weight is 492 g/mol. The van der Waals surface area contributed by atoms with Gasteiger partial charge in [0.15, 0.2) is 17.2 Å². The lowest BCUT2D eigenvalue weighted by molar-refractivity contribution is -0.386. The number of nitrogens with zero attached hydrogens (tertiary/aromatic N) is 2. The first-order valence-electron chi connectivity index (χ1n) is 8.32. The maximum Gasteiger partial charge on any atom is 0.338 e. The molecule has 0 spiro atoms. The van der Waals surface area contributed by atoms with Crippen molar-refractivity contribution in [3.05, 3.63) is 78.7 Å². The maximum atomic E-state index is 11.1. The molecule has 1 aromatic heterocycles. The molecule has 1 heterocycles. The summed E-state index contributed by atoms with van der Waals surface area (Å²) in [6.07, 6.45) is 3.23. The second-order valence-corrected chi connectivity index (χ2v) is 7.04. The summed E-state index contributed by atoms with van der Waals surface area (Å²) < 4.78 is 17.3. The highest BCUT2D eigenvalue weighted by molar-refractivity contribution is 14.1. The smallest absolute Gasteiger partial charge is 0.338 e. The fourth-order valence-corrected chi connectivity index (χ4v) is 3.37. The summed E-state index contributed by atoms with van der Waals surface area (Å²) >= 11 is 2.17. The van der Waals surface area contributed by atoms with E-state index in [4.69, 9.17) is 14.0 Å². The van der Waals surface area contributed by atoms with Crippen LogP contribution >= 0.6 is 22.6 Å². The van der Waals surface area contributed by atoms with Crippen LogP contribution in [0.2, 0.25) is 0 Å². The predicted molar refractivity (Wildman–Crippen MR) is 113 cm³/mol. The summed E-state index contributed by atoms with van der Waals surface area (Å²) in [5.74, 6) is 1.32. The van der Waals surface area contributed by atoms with Gasteiger partial charge in [0.1, 0.15) is 6.61 Å². The quantitative estimate of drug-likeness (QED) is 0.254. The third kappa shape index (κ3) is 4.50. The molecule has 2 aromatic carbocycles. The highest BCUT2D eigenvalue weighted by Crippen LogP contribution is 2.35. The highest BCUT2D eigenvalue weighted by Gasteiger charge is 2.22. The minimum Gasteiger partial charge on any atom is -0.493 e. The molecule has 0 bridgehead atoms. The topological polar surface area (TPSA) is 87.6 Å². The van der Waals surface area contributed by atoms with Gasteiger partial charge in [-0.05, 0) is 58.9 Å². The van der Waals surface area contributed by atoms with Gasteiger partial charge in [0.2, 0.25) is 5.76 Å². The van der Waals surface area contributed by atoms with Crippen LogP contribution in [0.15, 0.2) is 47.0 Å². The molecule has 7 nitrogen and oxygen atoms in total. The van der Waals surface area contributed by atoms with Crippen molar-refractivity contribution in [2.45, 2.75) is 13.5 Å². The van der Waals surface area contributed by atoms with Crippen LogP contribution in [0.1, 0.15) is 22.6 Å². The summed E-state index contributed by atoms with van der Waals surface area (Å²) in [6, 6.07) is 13.5. The van der Waals surface area contributed by atoms with Crippen molar-refractivity contribution < 1.29 is 18.9 Å². The van der Waals surface area contributed by atoms with E-state index in [1.807, 2.05) is 36.4 Å². The minimum absolute atomic E-state index is 0.0980. The second kappa shape index (κ2) is 8.87. The zero-order valence-electron chi connectivity index (χ0n) is 15.2. The molecular formula is C20H17IN2O5. The fraction of sp³-hybridized carbons (Fsp3) is 0.150. The van der Waals surface area contributed by atoms with Gasteiger partial charge < -0.3 is 14.0 Å². The third-order valence-electron chi connectivity index (χ3n) is 3.94. The maximum absolute atomic E-state index is 11.1. The van der Waals surface area contributed by atoms with Gasteiger partial charge in [0.05, 0.1) is 15.6 Å². The van der Waals surface area contributed by atoms with Crippen LogP contribution in [0, 0.1) is 20.6 Å². The van der Waals surface area contributed by atoms with Crippen LogP contribution in [-0.2, 0) is 6.61 Å². The molecule has 0 aliphatic rings. The molecular weight excluding hydrogens is 475 g/mol. The number of hydrogen-bond donors (Lipinski definition) is 0. The van der Waals surface area contributed by atoms with Crippen molar-refractivity contribution >= 4 is 40.4 Å². The van der Waals surface area contributed by atoms with Gasteiger partial charge in [-0.1, -0.05) is 41.6 Å². The molecule has 0 atom stereocenters. The largest absolute Gasteiger partial charge is 0.493 e. The van der Waals surface area contributed by atoms with E-state index in [1.165, 1.54) is 13.0 Å². The first-order valence-corrected chi connectivity index (χ1v) is 9.40. The molecule has 0 unspecified atom stereocenters. The molecule has 0 saturated heterocycles. The Morgan fingerprint density at radius 1 is 1.25 bits per heavy atom. The van der Waals surface area contributed by atoms with Gasteiger partial charge in [0.25, 0.3) is 0 Å². The zero-order valence-corrected chi connectivity index (χ0v) is 17.4. The number of aromatic nitrogens is 1. The number of hydrogen-bond acceptors (Lipinski definition) is 6. The lowest BCUT2D eigenvalue weighted by Crippen LogP contribution is -2.00. The van der Waals surface area contributed by atoms with Crippen LogP contribution in [0.5, 0.6) is 11.5 Å². The van der Waals surface area contributed by atoms with Gasteiger partial charge in [-0.3, -0.25) is 10.1 Å². The summed E-state index contributed by atoms with van der Waals surface area (Å²) in [7, 11) is 1.57. The van der Waals surface area contributed by atoms with Crippen molar-refractivity contribution in [3.63, 3.8) is 0 Å². The molecule has 0 saturated carbocycles. The Hall–Kier alpha value is -2.88. The van der Waals surface area contributed by atoms with Crippen LogP contribution in [0.4, 0.5) is 5.69 Å². The van der Waals surface area contributed by atoms with E-state index in [0.717, 1.165) is 14.7 Å². The number of aryl methyl sites for hydroxylation is 1. The van der Waals surface area contributed by atoms with Crippen LogP contribution in [-0.4, -0.2) is 17.2 Å². The van der Waals surface area contributed by atoms with Crippen LogP contribution < -0.4 is 9.47 Å². The van der Waals surface area contributed by atoms with Gasteiger partial charge >= 0.3 is 5.69 Å². The average Bonchev–Trinajstić information content (AvgIpc) is 3.06. The molecule has 8 heteroatoms. The number of benzene rings is 2. The standard InChI is InChI=1S/C20H17IN2O5/c1-13-19(23(24)25)17(28-22-13)9-8-15-10-16(21)20(18(11-15)26-2)27-12-14-6-4-3-5-7-14/h3-11H,12H2,1-2H3/b9-8-. The Labute approximate surface area is 175 Å². The molecule has 0 amide bonds. The van der Waals surface area contributed by atoms with Crippen molar-refractivity contribution in [2.75, 3.05) is 7.11 Å². The van der Waals surface area contributed by atoms with Crippen LogP contribution in [0.25, 0.3) is 12.2 Å². The Bertz CT molecular complexity index is 1010. The van der Waals surface area contributed by atoms with E-state index in [1.54, 1.807) is 19.3 Å². The van der Waals surface area contributed by atoms with E-state index < -0.39 is 4.92 Å². The number of nitro groups is 1. The second-order valence-electron chi connectivity index (χ2n) is 5.88. The van der Waals surface area contributed by atoms with Gasteiger partial charge in [-0.2, -0.15) is 0 Å². The first kappa shape index (κ1) is 19.9. The lowest BCUT2D eigenvalue weighted by Gasteiger charge is -2.13. The monoisotopic (exact) mass is 492 g/mol. The van der Waals surface area contributed by atoms with E-state index in [9.17, 15) is 10.1 Å². The SMILES string of the molecule is COc1cc(/C=C\c2onc(C)c2[N+](=O)[O-])cc(I)c1OCc1ccccc1. The highest BCUT2D eigenvalue weighted by atomic mass is 127. The third-order valence-corrected chi connectivity index (χ3v) is 4.75. The number of methoxy groups -OCH3 is 1. The van der Waals surface area contributed by atoms with Crippen molar-refractivity contribution in [3.8, 4) is 11.5 Å². The molecule has 0 fully saturated rings. The lowest BCUT2D eigenvalue weighted by atomic mass is 10.1. The van der Waals surface area contributed by atoms with E-state index >= 15 is 0 Å². The van der Waals surface area contributed by atoms with Gasteiger partial charge in [0, 0.05) is 0 Å². The minimum atomic E-state index is -0.504. The molecule has 144 valence electrons. The number of rotatable bonds is 7. The van der Waals surface area contributed by atoms with Gasteiger partial charge in [-0.15, -0.1) is 0 Å². The van der Waals surface area contributed by atoms with Crippen LogP contribution in [0.3, 0.4) is 0 Å².